The first-order valence-electron chi connectivity index (χ1n) is 5.59. The van der Waals surface area contributed by atoms with Crippen LogP contribution in [0.1, 0.15) is 53.9 Å². The lowest BCUT2D eigenvalue weighted by molar-refractivity contribution is -0.306. The normalized spacial score (nSPS) is 15.9. The van der Waals surface area contributed by atoms with Gasteiger partial charge in [-0.2, -0.15) is 0 Å². The highest BCUT2D eigenvalue weighted by atomic mass is 17.1. The monoisotopic (exact) mass is 205 g/mol. The molecular weight excluding hydrogens is 178 g/mol. The predicted molar refractivity (Wildman–Crippen MR) is 61.5 cm³/mol. The summed E-state index contributed by atoms with van der Waals surface area (Å²) in [4.78, 5) is 3.94. The Bertz CT molecular complexity index is 84.4. The molecule has 1 aliphatic rings. The lowest BCUT2D eigenvalue weighted by Gasteiger charge is -2.10. The minimum atomic E-state index is -0.403. The second kappa shape index (κ2) is 11.0. The van der Waals surface area contributed by atoms with Crippen molar-refractivity contribution < 1.29 is 10.1 Å². The predicted octanol–water partition coefficient (Wildman–Crippen LogP) is 3.06. The molecule has 14 heavy (non-hydrogen) atoms. The van der Waals surface area contributed by atoms with E-state index in [0.717, 1.165) is 0 Å². The molecule has 3 heteroatoms. The zero-order chi connectivity index (χ0) is 11.4. The highest BCUT2D eigenvalue weighted by molar-refractivity contribution is 4.55. The maximum absolute atomic E-state index is 7.90. The Morgan fingerprint density at radius 3 is 1.43 bits per heavy atom. The standard InChI is InChI=1S/C5H11N.C4H10O2.C2H6/c1-2-4-6-5-3-1;1-4(2,3)6-5;1-2/h6H,1-5H2;5H,1-3H3;1-2H3. The molecule has 0 aromatic carbocycles. The summed E-state index contributed by atoms with van der Waals surface area (Å²) in [6.45, 7) is 11.8. The van der Waals surface area contributed by atoms with Crippen LogP contribution in [0.25, 0.3) is 0 Å². The zero-order valence-electron chi connectivity index (χ0n) is 10.4. The largest absolute Gasteiger partial charge is 0.317 e. The van der Waals surface area contributed by atoms with Gasteiger partial charge in [0.2, 0.25) is 0 Å². The number of nitrogens with one attached hydrogen (secondary N) is 1. The van der Waals surface area contributed by atoms with Gasteiger partial charge in [0, 0.05) is 0 Å². The fourth-order valence-corrected chi connectivity index (χ4v) is 0.802. The molecule has 3 nitrogen and oxygen atoms in total. The van der Waals surface area contributed by atoms with Crippen LogP contribution in [0.15, 0.2) is 0 Å². The first kappa shape index (κ1) is 16.3. The Morgan fingerprint density at radius 2 is 1.36 bits per heavy atom. The van der Waals surface area contributed by atoms with Crippen molar-refractivity contribution in [2.45, 2.75) is 59.5 Å². The molecule has 0 unspecified atom stereocenters. The highest BCUT2D eigenvalue weighted by Gasteiger charge is 2.06. The molecule has 0 radical (unpaired) electrons. The van der Waals surface area contributed by atoms with Crippen LogP contribution in [0.3, 0.4) is 0 Å². The first-order valence-corrected chi connectivity index (χ1v) is 5.59. The fourth-order valence-electron chi connectivity index (χ4n) is 0.802. The third-order valence-corrected chi connectivity index (χ3v) is 1.48. The average Bonchev–Trinajstić information content (AvgIpc) is 2.23. The van der Waals surface area contributed by atoms with E-state index in [4.69, 9.17) is 5.26 Å². The summed E-state index contributed by atoms with van der Waals surface area (Å²) in [5.74, 6) is 0. The van der Waals surface area contributed by atoms with Crippen LogP contribution in [0.5, 0.6) is 0 Å². The van der Waals surface area contributed by atoms with Crippen LogP contribution in [-0.2, 0) is 4.89 Å². The van der Waals surface area contributed by atoms with Crippen LogP contribution in [0.4, 0.5) is 0 Å². The van der Waals surface area contributed by atoms with Crippen LogP contribution in [0, 0.1) is 0 Å². The Labute approximate surface area is 88.8 Å². The SMILES string of the molecule is C1CCNCC1.CC.CC(C)(C)OO. The minimum absolute atomic E-state index is 0.403. The Balaban J connectivity index is 0. The second-order valence-electron chi connectivity index (χ2n) is 4.01. The van der Waals surface area contributed by atoms with Gasteiger partial charge in [-0.15, -0.1) is 0 Å². The molecule has 1 saturated heterocycles. The minimum Gasteiger partial charge on any atom is -0.317 e. The van der Waals surface area contributed by atoms with Gasteiger partial charge in [-0.1, -0.05) is 20.3 Å². The number of piperidine rings is 1. The van der Waals surface area contributed by atoms with Crippen LogP contribution in [-0.4, -0.2) is 23.9 Å². The Hall–Kier alpha value is -0.120. The summed E-state index contributed by atoms with van der Waals surface area (Å²) < 4.78 is 0. The van der Waals surface area contributed by atoms with Gasteiger partial charge in [0.05, 0.1) is 5.60 Å². The van der Waals surface area contributed by atoms with Crippen molar-refractivity contribution in [2.24, 2.45) is 0 Å². The first-order chi connectivity index (χ1) is 6.56. The second-order valence-corrected chi connectivity index (χ2v) is 4.01. The number of hydrogen-bond acceptors (Lipinski definition) is 3. The average molecular weight is 205 g/mol. The third-order valence-electron chi connectivity index (χ3n) is 1.48. The molecule has 0 aromatic rings. The van der Waals surface area contributed by atoms with Gasteiger partial charge in [-0.3, -0.25) is 5.26 Å². The molecule has 1 aliphatic heterocycles. The van der Waals surface area contributed by atoms with Crippen molar-refractivity contribution in [3.8, 4) is 0 Å². The van der Waals surface area contributed by atoms with E-state index in [9.17, 15) is 0 Å². The Morgan fingerprint density at radius 1 is 1.00 bits per heavy atom. The van der Waals surface area contributed by atoms with Gasteiger partial charge in [-0.25, -0.2) is 4.89 Å². The van der Waals surface area contributed by atoms with Crippen molar-refractivity contribution in [2.75, 3.05) is 13.1 Å². The summed E-state index contributed by atoms with van der Waals surface area (Å²) in [5.41, 5.74) is -0.403. The van der Waals surface area contributed by atoms with E-state index < -0.39 is 5.60 Å². The van der Waals surface area contributed by atoms with Gasteiger partial charge in [0.25, 0.3) is 0 Å². The van der Waals surface area contributed by atoms with Gasteiger partial charge < -0.3 is 5.32 Å². The number of hydrogen-bond donors (Lipinski definition) is 2. The van der Waals surface area contributed by atoms with Crippen molar-refractivity contribution >= 4 is 0 Å². The maximum Gasteiger partial charge on any atom is 0.0949 e. The summed E-state index contributed by atoms with van der Waals surface area (Å²) in [5, 5.41) is 11.2. The lowest BCUT2D eigenvalue weighted by atomic mass is 10.2. The highest BCUT2D eigenvalue weighted by Crippen LogP contribution is 2.01. The molecule has 0 aromatic heterocycles. The van der Waals surface area contributed by atoms with Gasteiger partial charge in [-0.05, 0) is 46.7 Å². The summed E-state index contributed by atoms with van der Waals surface area (Å²) >= 11 is 0. The molecule has 0 amide bonds. The molecule has 1 fully saturated rings. The van der Waals surface area contributed by atoms with Crippen LogP contribution < -0.4 is 5.32 Å². The van der Waals surface area contributed by atoms with Gasteiger partial charge in [0.1, 0.15) is 0 Å². The van der Waals surface area contributed by atoms with Crippen LogP contribution >= 0.6 is 0 Å². The van der Waals surface area contributed by atoms with Crippen LogP contribution in [0.2, 0.25) is 0 Å². The van der Waals surface area contributed by atoms with Crippen molar-refractivity contribution in [3.05, 3.63) is 0 Å². The summed E-state index contributed by atoms with van der Waals surface area (Å²) in [6.07, 6.45) is 4.22. The Kier molecular flexibility index (Phi) is 12.8. The van der Waals surface area contributed by atoms with Gasteiger partial charge in [0.15, 0.2) is 0 Å². The zero-order valence-corrected chi connectivity index (χ0v) is 10.4. The van der Waals surface area contributed by atoms with Crippen molar-refractivity contribution in [1.82, 2.24) is 5.32 Å². The van der Waals surface area contributed by atoms with E-state index in [-0.39, 0.29) is 0 Å². The third kappa shape index (κ3) is 17.8. The van der Waals surface area contributed by atoms with Crippen molar-refractivity contribution in [1.29, 1.82) is 0 Å². The molecule has 0 spiro atoms. The smallest absolute Gasteiger partial charge is 0.0949 e. The van der Waals surface area contributed by atoms with E-state index >= 15 is 0 Å². The molecule has 0 bridgehead atoms. The molecular formula is C11H27NO2. The quantitative estimate of drug-likeness (QED) is 0.472. The molecule has 1 rings (SSSR count). The van der Waals surface area contributed by atoms with E-state index in [1.54, 1.807) is 20.8 Å². The molecule has 0 atom stereocenters. The maximum atomic E-state index is 7.90. The van der Waals surface area contributed by atoms with Crippen molar-refractivity contribution in [3.63, 3.8) is 0 Å². The molecule has 88 valence electrons. The summed E-state index contributed by atoms with van der Waals surface area (Å²) in [7, 11) is 0. The number of rotatable bonds is 0. The van der Waals surface area contributed by atoms with E-state index in [0.29, 0.717) is 0 Å². The fraction of sp³-hybridized carbons (Fsp3) is 1.00. The molecule has 1 heterocycles. The van der Waals surface area contributed by atoms with Gasteiger partial charge >= 0.3 is 0 Å². The molecule has 2 N–H and O–H groups in total. The lowest BCUT2D eigenvalue weighted by Crippen LogP contribution is -2.21. The topological polar surface area (TPSA) is 41.5 Å². The summed E-state index contributed by atoms with van der Waals surface area (Å²) in [6, 6.07) is 0. The van der Waals surface area contributed by atoms with E-state index in [1.807, 2.05) is 13.8 Å². The molecule has 0 saturated carbocycles. The van der Waals surface area contributed by atoms with E-state index in [2.05, 4.69) is 10.2 Å². The molecule has 0 aliphatic carbocycles. The van der Waals surface area contributed by atoms with E-state index in [1.165, 1.54) is 32.4 Å².